The van der Waals surface area contributed by atoms with Gasteiger partial charge in [-0.1, -0.05) is 15.9 Å². The zero-order valence-corrected chi connectivity index (χ0v) is 18.9. The number of fused-ring (bicyclic) bond motifs is 1. The molecule has 0 amide bonds. The van der Waals surface area contributed by atoms with E-state index in [1.54, 1.807) is 0 Å². The van der Waals surface area contributed by atoms with Crippen LogP contribution in [0.25, 0.3) is 16.9 Å². The number of halogens is 1. The van der Waals surface area contributed by atoms with Crippen LogP contribution in [0, 0.1) is 0 Å². The molecule has 10 heteroatoms. The maximum absolute atomic E-state index is 6.24. The van der Waals surface area contributed by atoms with Gasteiger partial charge in [0, 0.05) is 60.4 Å². The number of rotatable bonds is 3. The Morgan fingerprint density at radius 1 is 0.839 bits per heavy atom. The number of piperidine rings is 2. The summed E-state index contributed by atoms with van der Waals surface area (Å²) in [4.78, 5) is 18.8. The first-order chi connectivity index (χ1) is 15.0. The van der Waals surface area contributed by atoms with Crippen LogP contribution in [-0.2, 0) is 0 Å². The van der Waals surface area contributed by atoms with Gasteiger partial charge in [0.15, 0.2) is 0 Å². The monoisotopic (exact) mass is 485 g/mol. The van der Waals surface area contributed by atoms with Crippen molar-refractivity contribution >= 4 is 38.7 Å². The zero-order valence-electron chi connectivity index (χ0n) is 17.4. The van der Waals surface area contributed by atoms with Gasteiger partial charge in [0.2, 0.25) is 17.8 Å². The number of anilines is 2. The fraction of sp³-hybridized carbons (Fsp3) is 0.476. The molecule has 9 nitrogen and oxygen atoms in total. The summed E-state index contributed by atoms with van der Waals surface area (Å²) in [6.07, 6.45) is 4.85. The van der Waals surface area contributed by atoms with E-state index in [-0.39, 0.29) is 18.1 Å². The lowest BCUT2D eigenvalue weighted by atomic mass is 10.0. The van der Waals surface area contributed by atoms with Crippen LogP contribution in [0.5, 0.6) is 0 Å². The minimum absolute atomic E-state index is 0.000540. The highest BCUT2D eigenvalue weighted by Gasteiger charge is 2.27. The fourth-order valence-corrected chi connectivity index (χ4v) is 4.93. The van der Waals surface area contributed by atoms with Crippen LogP contribution in [0.15, 0.2) is 34.9 Å². The summed E-state index contributed by atoms with van der Waals surface area (Å²) in [6.45, 7) is 2.97. The Kier molecular flexibility index (Phi) is 5.55. The first-order valence-corrected chi connectivity index (χ1v) is 11.6. The molecule has 0 spiro atoms. The summed E-state index contributed by atoms with van der Waals surface area (Å²) in [5.74, 6) is 1.86. The number of nitrogens with two attached hydrogens (primary N) is 3. The highest BCUT2D eigenvalue weighted by molar-refractivity contribution is 9.10. The highest BCUT2D eigenvalue weighted by atomic mass is 79.9. The standard InChI is InChI=1S/C21H28BrN9/c22-14-3-4-18-13(8-14)5-7-31(18)21-27-19(29-6-1-2-15(23)10-29)26-20(28-21)30-11-16(24)9-17(25)12-30/h3-5,7-8,15-17H,1-2,6,9-12,23-25H2/t15-,16-,17+/m1/s1. The summed E-state index contributed by atoms with van der Waals surface area (Å²) < 4.78 is 3.04. The summed E-state index contributed by atoms with van der Waals surface area (Å²) in [5.41, 5.74) is 19.8. The topological polar surface area (TPSA) is 128 Å². The largest absolute Gasteiger partial charge is 0.339 e. The molecule has 2 aromatic heterocycles. The van der Waals surface area contributed by atoms with Gasteiger partial charge in [0.25, 0.3) is 0 Å². The summed E-state index contributed by atoms with van der Waals surface area (Å²) >= 11 is 3.54. The molecule has 2 saturated heterocycles. The van der Waals surface area contributed by atoms with Gasteiger partial charge in [-0.3, -0.25) is 4.57 Å². The molecule has 164 valence electrons. The second kappa shape index (κ2) is 8.34. The second-order valence-corrected chi connectivity index (χ2v) is 9.55. The van der Waals surface area contributed by atoms with E-state index in [2.05, 4.69) is 43.9 Å². The molecule has 4 heterocycles. The van der Waals surface area contributed by atoms with Gasteiger partial charge in [0.05, 0.1) is 5.52 Å². The maximum atomic E-state index is 6.24. The van der Waals surface area contributed by atoms with E-state index in [9.17, 15) is 0 Å². The molecule has 31 heavy (non-hydrogen) atoms. The van der Waals surface area contributed by atoms with Crippen LogP contribution in [0.1, 0.15) is 19.3 Å². The van der Waals surface area contributed by atoms with E-state index in [1.165, 1.54) is 0 Å². The Hall–Kier alpha value is -2.27. The lowest BCUT2D eigenvalue weighted by Gasteiger charge is -2.35. The first-order valence-electron chi connectivity index (χ1n) is 10.8. The SMILES string of the molecule is N[C@@H]1CCCN(c2nc(N3C[C@H](N)C[C@H](N)C3)nc(-n3ccc4cc(Br)ccc43)n2)C1. The quantitative estimate of drug-likeness (QED) is 0.507. The van der Waals surface area contributed by atoms with Crippen molar-refractivity contribution in [3.63, 3.8) is 0 Å². The predicted molar refractivity (Wildman–Crippen MR) is 127 cm³/mol. The fourth-order valence-electron chi connectivity index (χ4n) is 4.56. The van der Waals surface area contributed by atoms with Crippen molar-refractivity contribution in [2.75, 3.05) is 36.0 Å². The van der Waals surface area contributed by atoms with E-state index >= 15 is 0 Å². The van der Waals surface area contributed by atoms with E-state index in [1.807, 2.05) is 16.8 Å². The molecule has 6 N–H and O–H groups in total. The molecule has 3 atom stereocenters. The van der Waals surface area contributed by atoms with Crippen LogP contribution in [-0.4, -0.2) is 63.8 Å². The minimum atomic E-state index is 0.000540. The molecule has 0 saturated carbocycles. The number of hydrogen-bond acceptors (Lipinski definition) is 8. The van der Waals surface area contributed by atoms with E-state index in [0.717, 1.165) is 47.7 Å². The van der Waals surface area contributed by atoms with Crippen molar-refractivity contribution in [1.82, 2.24) is 19.5 Å². The molecule has 2 aliphatic rings. The average Bonchev–Trinajstić information content (AvgIpc) is 3.16. The molecule has 3 aromatic rings. The Morgan fingerprint density at radius 3 is 2.26 bits per heavy atom. The van der Waals surface area contributed by atoms with Crippen LogP contribution in [0.2, 0.25) is 0 Å². The Balaban J connectivity index is 1.60. The number of hydrogen-bond donors (Lipinski definition) is 3. The minimum Gasteiger partial charge on any atom is -0.339 e. The molecule has 0 radical (unpaired) electrons. The van der Waals surface area contributed by atoms with E-state index in [4.69, 9.17) is 32.2 Å². The molecule has 0 aliphatic carbocycles. The number of aromatic nitrogens is 4. The smallest absolute Gasteiger partial charge is 0.240 e. The highest BCUT2D eigenvalue weighted by Crippen LogP contribution is 2.26. The van der Waals surface area contributed by atoms with Crippen LogP contribution in [0.3, 0.4) is 0 Å². The van der Waals surface area contributed by atoms with Gasteiger partial charge in [-0.2, -0.15) is 15.0 Å². The Labute approximate surface area is 189 Å². The normalized spacial score (nSPS) is 24.7. The molecule has 0 bridgehead atoms. The van der Waals surface area contributed by atoms with Crippen LogP contribution < -0.4 is 27.0 Å². The summed E-state index contributed by atoms with van der Waals surface area (Å²) in [5, 5.41) is 1.11. The second-order valence-electron chi connectivity index (χ2n) is 8.63. The third-order valence-electron chi connectivity index (χ3n) is 6.01. The van der Waals surface area contributed by atoms with Gasteiger partial charge < -0.3 is 27.0 Å². The Bertz CT molecular complexity index is 1070. The van der Waals surface area contributed by atoms with Crippen molar-refractivity contribution in [2.24, 2.45) is 17.2 Å². The third-order valence-corrected chi connectivity index (χ3v) is 6.50. The number of benzene rings is 1. The van der Waals surface area contributed by atoms with Gasteiger partial charge in [-0.25, -0.2) is 0 Å². The van der Waals surface area contributed by atoms with Gasteiger partial charge in [0.1, 0.15) is 0 Å². The van der Waals surface area contributed by atoms with Crippen molar-refractivity contribution in [3.8, 4) is 5.95 Å². The van der Waals surface area contributed by atoms with Crippen molar-refractivity contribution < 1.29 is 0 Å². The zero-order chi connectivity index (χ0) is 21.5. The summed E-state index contributed by atoms with van der Waals surface area (Å²) in [7, 11) is 0. The average molecular weight is 486 g/mol. The van der Waals surface area contributed by atoms with Crippen LogP contribution in [0.4, 0.5) is 11.9 Å². The first kappa shape index (κ1) is 20.6. The van der Waals surface area contributed by atoms with Crippen molar-refractivity contribution in [2.45, 2.75) is 37.4 Å². The maximum Gasteiger partial charge on any atom is 0.240 e. The van der Waals surface area contributed by atoms with E-state index < -0.39 is 0 Å². The third kappa shape index (κ3) is 4.25. The summed E-state index contributed by atoms with van der Waals surface area (Å²) in [6, 6.07) is 8.36. The van der Waals surface area contributed by atoms with Gasteiger partial charge in [-0.15, -0.1) is 0 Å². The molecule has 2 fully saturated rings. The Morgan fingerprint density at radius 2 is 1.52 bits per heavy atom. The molecular weight excluding hydrogens is 458 g/mol. The van der Waals surface area contributed by atoms with Crippen molar-refractivity contribution in [1.29, 1.82) is 0 Å². The number of nitrogens with zero attached hydrogens (tertiary/aromatic N) is 6. The van der Waals surface area contributed by atoms with Crippen LogP contribution >= 0.6 is 15.9 Å². The lowest BCUT2D eigenvalue weighted by molar-refractivity contribution is 0.446. The molecule has 0 unspecified atom stereocenters. The lowest BCUT2D eigenvalue weighted by Crippen LogP contribution is -2.53. The molecule has 2 aliphatic heterocycles. The van der Waals surface area contributed by atoms with Gasteiger partial charge in [-0.05, 0) is 43.5 Å². The van der Waals surface area contributed by atoms with E-state index in [0.29, 0.717) is 30.9 Å². The predicted octanol–water partition coefficient (Wildman–Crippen LogP) is 1.37. The molecular formula is C21H28BrN9. The van der Waals surface area contributed by atoms with Crippen molar-refractivity contribution in [3.05, 3.63) is 34.9 Å². The molecule has 1 aromatic carbocycles. The van der Waals surface area contributed by atoms with Gasteiger partial charge >= 0.3 is 0 Å². The molecule has 5 rings (SSSR count).